The van der Waals surface area contributed by atoms with Crippen molar-refractivity contribution in [3.63, 3.8) is 0 Å². The van der Waals surface area contributed by atoms with Crippen LogP contribution in [0.3, 0.4) is 0 Å². The molecule has 0 saturated carbocycles. The fourth-order valence-corrected chi connectivity index (χ4v) is 14.2. The van der Waals surface area contributed by atoms with Gasteiger partial charge in [0.1, 0.15) is 11.5 Å². The van der Waals surface area contributed by atoms with E-state index in [1.54, 1.807) is 0 Å². The Kier molecular flexibility index (Phi) is 10.9. The summed E-state index contributed by atoms with van der Waals surface area (Å²) < 4.78 is 7.10. The summed E-state index contributed by atoms with van der Waals surface area (Å²) in [7, 11) is 0. The summed E-state index contributed by atoms with van der Waals surface area (Å²) in [5, 5.41) is 0. The Labute approximate surface area is 471 Å². The number of fused-ring (bicyclic) bond motifs is 8. The van der Waals surface area contributed by atoms with E-state index in [0.717, 1.165) is 85.2 Å². The normalized spacial score (nSPS) is 12.9. The van der Waals surface area contributed by atoms with Crippen molar-refractivity contribution in [2.24, 2.45) is 0 Å². The predicted octanol–water partition coefficient (Wildman–Crippen LogP) is 15.5. The average molecular weight is 1040 g/mol. The summed E-state index contributed by atoms with van der Waals surface area (Å²) in [6, 6.07) is 106. The minimum Gasteiger partial charge on any atom is -0.458 e. The molecule has 4 heterocycles. The van der Waals surface area contributed by atoms with Crippen molar-refractivity contribution in [2.75, 3.05) is 19.6 Å². The Bertz CT molecular complexity index is 4270. The van der Waals surface area contributed by atoms with Crippen molar-refractivity contribution in [3.05, 3.63) is 291 Å². The predicted molar refractivity (Wildman–Crippen MR) is 337 cm³/mol. The molecule has 0 radical (unpaired) electrons. The van der Waals surface area contributed by atoms with Crippen molar-refractivity contribution in [2.45, 2.75) is 9.79 Å². The van der Waals surface area contributed by atoms with Crippen molar-refractivity contribution < 1.29 is 4.74 Å². The number of para-hydroxylation sites is 8. The molecule has 0 atom stereocenters. The van der Waals surface area contributed by atoms with Gasteiger partial charge in [0.15, 0.2) is 0 Å². The van der Waals surface area contributed by atoms with Gasteiger partial charge in [-0.05, 0) is 136 Å². The molecule has 0 unspecified atom stereocenters. The van der Waals surface area contributed by atoms with Crippen LogP contribution in [-0.4, -0.2) is 13.4 Å². The molecule has 5 nitrogen and oxygen atoms in total. The molecule has 0 aliphatic carbocycles. The Morgan fingerprint density at radius 3 is 1.41 bits per heavy atom. The largest absolute Gasteiger partial charge is 0.458 e. The molecule has 80 heavy (non-hydrogen) atoms. The summed E-state index contributed by atoms with van der Waals surface area (Å²) in [5.41, 5.74) is 23.0. The molecule has 0 spiro atoms. The first-order valence-electron chi connectivity index (χ1n) is 27.4. The van der Waals surface area contributed by atoms with Crippen molar-refractivity contribution in [3.8, 4) is 22.6 Å². The van der Waals surface area contributed by atoms with E-state index >= 15 is 0 Å². The standard InChI is InChI=1S/C72H48B2N4OS/c1-7-25-49(26-8-1)57-37-19-22-40-62(57)78-64-48-69-61(74-59-39-21-24-42-67(59)79-68-45-56(46-70(80-69)72(68)74)76(52-31-13-4-14-32-52)53-33-15-5-16-34-53)47-60(64)73-58-38-20-23-41-63(58)77(54-35-17-6-18-36-54)65-43-55(44-66(78)71(65)73)75(50-27-9-2-10-28-50)51-29-11-3-12-30-51/h1-48H. The van der Waals surface area contributed by atoms with Crippen LogP contribution in [0.2, 0.25) is 0 Å². The second-order valence-electron chi connectivity index (χ2n) is 20.8. The zero-order chi connectivity index (χ0) is 52.7. The third-order valence-electron chi connectivity index (χ3n) is 16.3. The Morgan fingerprint density at radius 2 is 0.787 bits per heavy atom. The third-order valence-corrected chi connectivity index (χ3v) is 17.4. The van der Waals surface area contributed by atoms with Crippen LogP contribution in [0.25, 0.3) is 11.1 Å². The minimum absolute atomic E-state index is 0.0827. The molecule has 12 aromatic carbocycles. The number of benzene rings is 12. The maximum Gasteiger partial charge on any atom is 0.253 e. The van der Waals surface area contributed by atoms with Gasteiger partial charge in [0, 0.05) is 72.6 Å². The third kappa shape index (κ3) is 7.44. The monoisotopic (exact) mass is 1040 g/mol. The zero-order valence-corrected chi connectivity index (χ0v) is 44.3. The van der Waals surface area contributed by atoms with Crippen LogP contribution < -0.4 is 57.1 Å². The molecule has 12 aromatic rings. The lowest BCUT2D eigenvalue weighted by Gasteiger charge is -2.46. The van der Waals surface area contributed by atoms with Crippen LogP contribution in [0.15, 0.2) is 301 Å². The smallest absolute Gasteiger partial charge is 0.253 e. The topological polar surface area (TPSA) is 22.2 Å². The molecule has 16 rings (SSSR count). The first kappa shape index (κ1) is 46.2. The van der Waals surface area contributed by atoms with Crippen LogP contribution in [0.5, 0.6) is 11.5 Å². The number of nitrogens with zero attached hydrogens (tertiary/aromatic N) is 4. The lowest BCUT2D eigenvalue weighted by molar-refractivity contribution is 0.486. The second kappa shape index (κ2) is 18.9. The van der Waals surface area contributed by atoms with Gasteiger partial charge < -0.3 is 24.3 Å². The van der Waals surface area contributed by atoms with E-state index in [1.807, 2.05) is 11.8 Å². The summed E-state index contributed by atoms with van der Waals surface area (Å²) >= 11 is 1.86. The van der Waals surface area contributed by atoms with Gasteiger partial charge in [0.2, 0.25) is 0 Å². The molecule has 4 aliphatic heterocycles. The number of ether oxygens (including phenoxy) is 1. The Morgan fingerprint density at radius 1 is 0.300 bits per heavy atom. The summed E-state index contributed by atoms with van der Waals surface area (Å²) in [4.78, 5) is 12.3. The van der Waals surface area contributed by atoms with Gasteiger partial charge in [0.05, 0.1) is 17.1 Å². The van der Waals surface area contributed by atoms with Gasteiger partial charge in [-0.25, -0.2) is 0 Å². The highest BCUT2D eigenvalue weighted by atomic mass is 32.2. The van der Waals surface area contributed by atoms with E-state index in [4.69, 9.17) is 4.74 Å². The molecular formula is C72H48B2N4OS. The van der Waals surface area contributed by atoms with Crippen LogP contribution in [0, 0.1) is 0 Å². The van der Waals surface area contributed by atoms with Gasteiger partial charge in [-0.3, -0.25) is 0 Å². The van der Waals surface area contributed by atoms with Gasteiger partial charge in [-0.15, -0.1) is 0 Å². The summed E-state index contributed by atoms with van der Waals surface area (Å²) in [6.45, 7) is -0.207. The molecule has 0 bridgehead atoms. The average Bonchev–Trinajstić information content (AvgIpc) is 3.69. The van der Waals surface area contributed by atoms with Crippen molar-refractivity contribution in [1.29, 1.82) is 0 Å². The maximum atomic E-state index is 7.10. The lowest BCUT2D eigenvalue weighted by Crippen LogP contribution is -2.64. The molecule has 0 N–H and O–H groups in total. The quantitative estimate of drug-likeness (QED) is 0.133. The highest BCUT2D eigenvalue weighted by Gasteiger charge is 2.47. The van der Waals surface area contributed by atoms with Gasteiger partial charge in [-0.1, -0.05) is 199 Å². The summed E-state index contributed by atoms with van der Waals surface area (Å²) in [6.07, 6.45) is 0. The molecule has 0 saturated heterocycles. The first-order valence-corrected chi connectivity index (χ1v) is 28.2. The molecular weight excluding hydrogens is 991 g/mol. The number of rotatable bonds is 9. The highest BCUT2D eigenvalue weighted by molar-refractivity contribution is 8.00. The van der Waals surface area contributed by atoms with Crippen LogP contribution >= 0.6 is 11.8 Å². The second-order valence-corrected chi connectivity index (χ2v) is 21.9. The molecule has 374 valence electrons. The van der Waals surface area contributed by atoms with Gasteiger partial charge >= 0.3 is 0 Å². The molecule has 0 fully saturated rings. The van der Waals surface area contributed by atoms with E-state index in [-0.39, 0.29) is 13.4 Å². The van der Waals surface area contributed by atoms with E-state index in [9.17, 15) is 0 Å². The lowest BCUT2D eigenvalue weighted by atomic mass is 9.31. The maximum absolute atomic E-state index is 7.10. The molecule has 0 aromatic heterocycles. The SMILES string of the molecule is c1ccc(-c2ccccc2N2c3cc4c(cc3B3c5ccccc5N(c5ccccc5)c5cc(N(c6ccccc6)c6ccccc6)cc2c53)B2c3ccccc3Oc3cc(N(c5ccccc5)c5ccccc5)cc(c32)S4)cc1. The zero-order valence-electron chi connectivity index (χ0n) is 43.5. The Hall–Kier alpha value is -9.88. The van der Waals surface area contributed by atoms with E-state index in [0.29, 0.717) is 0 Å². The van der Waals surface area contributed by atoms with E-state index in [2.05, 4.69) is 311 Å². The fraction of sp³-hybridized carbons (Fsp3) is 0. The number of hydrogen-bond acceptors (Lipinski definition) is 6. The van der Waals surface area contributed by atoms with E-state index < -0.39 is 0 Å². The van der Waals surface area contributed by atoms with Crippen molar-refractivity contribution in [1.82, 2.24) is 0 Å². The number of anilines is 12. The fourth-order valence-electron chi connectivity index (χ4n) is 13.0. The molecule has 0 amide bonds. The molecule has 8 heteroatoms. The van der Waals surface area contributed by atoms with Crippen molar-refractivity contribution >= 4 is 126 Å². The van der Waals surface area contributed by atoms with Crippen LogP contribution in [-0.2, 0) is 0 Å². The van der Waals surface area contributed by atoms with E-state index in [1.165, 1.54) is 48.3 Å². The van der Waals surface area contributed by atoms with Crippen LogP contribution in [0.1, 0.15) is 0 Å². The highest BCUT2D eigenvalue weighted by Crippen LogP contribution is 2.51. The number of hydrogen-bond donors (Lipinski definition) is 0. The first-order chi connectivity index (χ1) is 39.7. The van der Waals surface area contributed by atoms with Gasteiger partial charge in [0.25, 0.3) is 13.4 Å². The van der Waals surface area contributed by atoms with Gasteiger partial charge in [-0.2, -0.15) is 0 Å². The molecule has 4 aliphatic rings. The summed E-state index contributed by atoms with van der Waals surface area (Å²) in [5.74, 6) is 1.77. The van der Waals surface area contributed by atoms with Crippen LogP contribution in [0.4, 0.5) is 68.2 Å². The Balaban J connectivity index is 0.996. The minimum atomic E-state index is -0.124.